The Kier molecular flexibility index (Phi) is 3.59. The lowest BCUT2D eigenvalue weighted by molar-refractivity contribution is -0.116. The summed E-state index contributed by atoms with van der Waals surface area (Å²) in [5.41, 5.74) is -0.0311. The molecule has 0 atom stereocenters. The fourth-order valence-electron chi connectivity index (χ4n) is 1.36. The maximum atomic E-state index is 11.8. The predicted octanol–water partition coefficient (Wildman–Crippen LogP) is 0.507. The van der Waals surface area contributed by atoms with Gasteiger partial charge in [-0.2, -0.15) is 4.98 Å². The number of anilines is 1. The molecule has 2 aromatic rings. The first-order valence-corrected chi connectivity index (χ1v) is 5.64. The van der Waals surface area contributed by atoms with Gasteiger partial charge in [-0.05, 0) is 24.3 Å². The smallest absolute Gasteiger partial charge is 0.273 e. The average Bonchev–Trinajstić information content (AvgIpc) is 2.39. The highest BCUT2D eigenvalue weighted by atomic mass is 35.5. The third-order valence-corrected chi connectivity index (χ3v) is 2.60. The van der Waals surface area contributed by atoms with E-state index in [0.29, 0.717) is 15.7 Å². The highest BCUT2D eigenvalue weighted by molar-refractivity contribution is 6.30. The van der Waals surface area contributed by atoms with Gasteiger partial charge >= 0.3 is 5.69 Å². The number of amides is 1. The van der Waals surface area contributed by atoms with Gasteiger partial charge in [0.25, 0.3) is 5.95 Å². The normalized spacial score (nSPS) is 10.3. The van der Waals surface area contributed by atoms with Gasteiger partial charge in [0, 0.05) is 11.9 Å². The van der Waals surface area contributed by atoms with Crippen LogP contribution < -0.4 is 16.5 Å². The first kappa shape index (κ1) is 13.2. The minimum Gasteiger partial charge on any atom is -0.273 e. The summed E-state index contributed by atoms with van der Waals surface area (Å²) in [6, 6.07) is 6.58. The molecule has 19 heavy (non-hydrogen) atoms. The largest absolute Gasteiger partial charge is 0.356 e. The molecule has 98 valence electrons. The van der Waals surface area contributed by atoms with Crippen molar-refractivity contribution in [1.82, 2.24) is 14.5 Å². The maximum absolute atomic E-state index is 11.8. The van der Waals surface area contributed by atoms with Crippen LogP contribution in [-0.2, 0) is 4.79 Å². The summed E-state index contributed by atoms with van der Waals surface area (Å²) < 4.78 is 1.22. The third kappa shape index (κ3) is 2.78. The highest BCUT2D eigenvalue weighted by Crippen LogP contribution is 2.11. The van der Waals surface area contributed by atoms with Gasteiger partial charge in [0.1, 0.15) is 6.33 Å². The van der Waals surface area contributed by atoms with Crippen molar-refractivity contribution in [2.75, 3.05) is 5.01 Å². The highest BCUT2D eigenvalue weighted by Gasteiger charge is 2.11. The first-order chi connectivity index (χ1) is 8.99. The van der Waals surface area contributed by atoms with E-state index in [1.165, 1.54) is 17.8 Å². The van der Waals surface area contributed by atoms with Gasteiger partial charge in [-0.1, -0.05) is 11.6 Å². The number of hydrogen-bond acceptors (Lipinski definition) is 5. The molecule has 0 saturated heterocycles. The van der Waals surface area contributed by atoms with Gasteiger partial charge in [0.2, 0.25) is 5.91 Å². The molecule has 2 rings (SSSR count). The van der Waals surface area contributed by atoms with Gasteiger partial charge in [-0.25, -0.2) is 20.6 Å². The Labute approximate surface area is 113 Å². The van der Waals surface area contributed by atoms with E-state index < -0.39 is 11.6 Å². The van der Waals surface area contributed by atoms with E-state index in [4.69, 9.17) is 17.4 Å². The van der Waals surface area contributed by atoms with Crippen molar-refractivity contribution in [2.24, 2.45) is 5.84 Å². The molecule has 1 amide bonds. The standard InChI is InChI=1S/C11H10ClN5O2/c1-7(18)17(13)10-14-6-16(11(19)15-10)9-4-2-8(12)3-5-9/h2-6H,13H2,1H3. The fourth-order valence-corrected chi connectivity index (χ4v) is 1.49. The van der Waals surface area contributed by atoms with Crippen LogP contribution in [0.5, 0.6) is 0 Å². The SMILES string of the molecule is CC(=O)N(N)c1ncn(-c2ccc(Cl)cc2)c(=O)n1. The fraction of sp³-hybridized carbons (Fsp3) is 0.0909. The number of halogens is 1. The van der Waals surface area contributed by atoms with Crippen molar-refractivity contribution in [3.63, 3.8) is 0 Å². The molecule has 0 radical (unpaired) electrons. The molecular weight excluding hydrogens is 270 g/mol. The van der Waals surface area contributed by atoms with E-state index in [-0.39, 0.29) is 5.95 Å². The summed E-state index contributed by atoms with van der Waals surface area (Å²) in [5, 5.41) is 1.26. The van der Waals surface area contributed by atoms with Crippen LogP contribution >= 0.6 is 11.6 Å². The lowest BCUT2D eigenvalue weighted by atomic mass is 10.3. The molecule has 0 unspecified atom stereocenters. The van der Waals surface area contributed by atoms with E-state index in [1.807, 2.05) is 0 Å². The number of hydrogen-bond donors (Lipinski definition) is 1. The molecule has 2 N–H and O–H groups in total. The van der Waals surface area contributed by atoms with Gasteiger partial charge in [-0.15, -0.1) is 0 Å². The average molecular weight is 280 g/mol. The zero-order chi connectivity index (χ0) is 14.0. The van der Waals surface area contributed by atoms with E-state index in [1.54, 1.807) is 24.3 Å². The molecule has 0 fully saturated rings. The minimum atomic E-state index is -0.593. The van der Waals surface area contributed by atoms with Crippen molar-refractivity contribution in [2.45, 2.75) is 6.92 Å². The number of carbonyl (C=O) groups is 1. The van der Waals surface area contributed by atoms with Crippen LogP contribution in [0.2, 0.25) is 5.02 Å². The number of hydrazine groups is 1. The Bertz CT molecular complexity index is 668. The lowest BCUT2D eigenvalue weighted by Crippen LogP contribution is -2.39. The van der Waals surface area contributed by atoms with E-state index >= 15 is 0 Å². The summed E-state index contributed by atoms with van der Waals surface area (Å²) >= 11 is 5.76. The molecule has 0 aliphatic rings. The molecule has 1 aromatic carbocycles. The van der Waals surface area contributed by atoms with E-state index in [2.05, 4.69) is 9.97 Å². The molecule has 0 bridgehead atoms. The second-order valence-electron chi connectivity index (χ2n) is 3.67. The van der Waals surface area contributed by atoms with E-state index in [9.17, 15) is 9.59 Å². The molecule has 0 aliphatic heterocycles. The van der Waals surface area contributed by atoms with Crippen molar-refractivity contribution >= 4 is 23.5 Å². The molecule has 0 aliphatic carbocycles. The first-order valence-electron chi connectivity index (χ1n) is 5.26. The van der Waals surface area contributed by atoms with Gasteiger partial charge in [-0.3, -0.25) is 9.36 Å². The molecule has 1 aromatic heterocycles. The summed E-state index contributed by atoms with van der Waals surface area (Å²) in [6.45, 7) is 1.24. The van der Waals surface area contributed by atoms with Crippen LogP contribution in [0.1, 0.15) is 6.92 Å². The van der Waals surface area contributed by atoms with Crippen LogP contribution in [0.15, 0.2) is 35.4 Å². The molecule has 0 spiro atoms. The summed E-state index contributed by atoms with van der Waals surface area (Å²) in [7, 11) is 0. The summed E-state index contributed by atoms with van der Waals surface area (Å²) in [5.74, 6) is 4.79. The molecule has 1 heterocycles. The van der Waals surface area contributed by atoms with Crippen molar-refractivity contribution < 1.29 is 4.79 Å². The number of nitrogens with zero attached hydrogens (tertiary/aromatic N) is 4. The Morgan fingerprint density at radius 3 is 2.53 bits per heavy atom. The van der Waals surface area contributed by atoms with Crippen molar-refractivity contribution in [3.8, 4) is 5.69 Å². The maximum Gasteiger partial charge on any atom is 0.356 e. The van der Waals surface area contributed by atoms with Crippen molar-refractivity contribution in [3.05, 3.63) is 46.1 Å². The van der Waals surface area contributed by atoms with Gasteiger partial charge in [0.05, 0.1) is 5.69 Å². The predicted molar refractivity (Wildman–Crippen MR) is 70.0 cm³/mol. The lowest BCUT2D eigenvalue weighted by Gasteiger charge is -2.12. The molecular formula is C11H10ClN5O2. The van der Waals surface area contributed by atoms with E-state index in [0.717, 1.165) is 0 Å². The second kappa shape index (κ2) is 5.17. The third-order valence-electron chi connectivity index (χ3n) is 2.35. The van der Waals surface area contributed by atoms with Crippen molar-refractivity contribution in [1.29, 1.82) is 0 Å². The van der Waals surface area contributed by atoms with Crippen LogP contribution in [0, 0.1) is 0 Å². The van der Waals surface area contributed by atoms with Crippen LogP contribution in [0.3, 0.4) is 0 Å². The van der Waals surface area contributed by atoms with Crippen LogP contribution in [-0.4, -0.2) is 20.4 Å². The number of rotatable bonds is 2. The number of benzene rings is 1. The quantitative estimate of drug-likeness (QED) is 0.491. The van der Waals surface area contributed by atoms with Gasteiger partial charge < -0.3 is 0 Å². The number of carbonyl (C=O) groups excluding carboxylic acids is 1. The Balaban J connectivity index is 2.42. The summed E-state index contributed by atoms with van der Waals surface area (Å²) in [4.78, 5) is 30.4. The Morgan fingerprint density at radius 1 is 1.37 bits per heavy atom. The Morgan fingerprint density at radius 2 is 2.00 bits per heavy atom. The zero-order valence-corrected chi connectivity index (χ0v) is 10.7. The molecule has 7 nitrogen and oxygen atoms in total. The van der Waals surface area contributed by atoms with Crippen LogP contribution in [0.25, 0.3) is 5.69 Å². The summed E-state index contributed by atoms with van der Waals surface area (Å²) in [6.07, 6.45) is 1.25. The van der Waals surface area contributed by atoms with Gasteiger partial charge in [0.15, 0.2) is 0 Å². The minimum absolute atomic E-state index is 0.150. The Hall–Kier alpha value is -2.25. The molecule has 0 saturated carbocycles. The number of aromatic nitrogens is 3. The van der Waals surface area contributed by atoms with Crippen LogP contribution in [0.4, 0.5) is 5.95 Å². The zero-order valence-electron chi connectivity index (χ0n) is 9.95. The topological polar surface area (TPSA) is 94.1 Å². The second-order valence-corrected chi connectivity index (χ2v) is 4.11. The number of nitrogens with two attached hydrogens (primary N) is 1. The monoisotopic (exact) mass is 279 g/mol. The molecule has 8 heteroatoms.